The molecule has 4 atom stereocenters. The van der Waals surface area contributed by atoms with Gasteiger partial charge in [-0.3, -0.25) is 4.79 Å². The number of fused-ring (bicyclic) bond motifs is 2. The Bertz CT molecular complexity index is 1420. The SMILES string of the molecule is COC(=O)c1ccc(C[n+]2cn3cc(C4=C(C(=O)O)N5C(=O)[C@H]([C@@H](C)O)[C@H]5[C@H]4C)sc3c2SC)cc1. The van der Waals surface area contributed by atoms with Gasteiger partial charge in [0.05, 0.1) is 35.6 Å². The van der Waals surface area contributed by atoms with Crippen molar-refractivity contribution in [2.24, 2.45) is 11.8 Å². The summed E-state index contributed by atoms with van der Waals surface area (Å²) in [5, 5.41) is 21.1. The molecule has 5 rings (SSSR count). The molecule has 36 heavy (non-hydrogen) atoms. The number of thioether (sulfide) groups is 1. The number of aliphatic carboxylic acids is 1. The zero-order valence-electron chi connectivity index (χ0n) is 20.2. The summed E-state index contributed by atoms with van der Waals surface area (Å²) in [5.41, 5.74) is 2.17. The Morgan fingerprint density at radius 1 is 1.28 bits per heavy atom. The van der Waals surface area contributed by atoms with Crippen molar-refractivity contribution < 1.29 is 33.9 Å². The quantitative estimate of drug-likeness (QED) is 0.210. The summed E-state index contributed by atoms with van der Waals surface area (Å²) in [6.07, 6.45) is 5.04. The van der Waals surface area contributed by atoms with Gasteiger partial charge in [0.15, 0.2) is 0 Å². The number of hydrogen-bond acceptors (Lipinski definition) is 7. The van der Waals surface area contributed by atoms with Gasteiger partial charge < -0.3 is 19.8 Å². The minimum absolute atomic E-state index is 0.0168. The third kappa shape index (κ3) is 3.64. The van der Waals surface area contributed by atoms with Crippen LogP contribution in [0.2, 0.25) is 0 Å². The van der Waals surface area contributed by atoms with Gasteiger partial charge in [-0.05, 0) is 30.9 Å². The smallest absolute Gasteiger partial charge is 0.352 e. The number of amides is 1. The molecular weight excluding hydrogens is 502 g/mol. The Labute approximate surface area is 215 Å². The molecule has 1 amide bonds. The maximum Gasteiger partial charge on any atom is 0.352 e. The number of thiazole rings is 1. The maximum atomic E-state index is 12.7. The molecule has 0 unspecified atom stereocenters. The molecule has 1 aromatic carbocycles. The number of benzene rings is 1. The lowest BCUT2D eigenvalue weighted by Crippen LogP contribution is -2.63. The highest BCUT2D eigenvalue weighted by molar-refractivity contribution is 7.98. The van der Waals surface area contributed by atoms with Gasteiger partial charge >= 0.3 is 11.9 Å². The lowest BCUT2D eigenvalue weighted by Gasteiger charge is -2.46. The third-order valence-electron chi connectivity index (χ3n) is 6.97. The molecule has 2 aliphatic rings. The van der Waals surface area contributed by atoms with E-state index in [1.54, 1.807) is 30.8 Å². The minimum atomic E-state index is -1.13. The Balaban J connectivity index is 1.50. The number of hydrogen-bond donors (Lipinski definition) is 2. The fourth-order valence-corrected chi connectivity index (χ4v) is 7.51. The average molecular weight is 529 g/mol. The molecule has 188 valence electrons. The van der Waals surface area contributed by atoms with Gasteiger partial charge in [-0.15, -0.1) is 0 Å². The van der Waals surface area contributed by atoms with Gasteiger partial charge in [-0.25, -0.2) is 14.2 Å². The highest BCUT2D eigenvalue weighted by Crippen LogP contribution is 2.51. The number of methoxy groups -OCH3 is 1. The van der Waals surface area contributed by atoms with E-state index in [1.165, 1.54) is 23.3 Å². The van der Waals surface area contributed by atoms with Crippen molar-refractivity contribution in [3.63, 3.8) is 0 Å². The minimum Gasteiger partial charge on any atom is -0.477 e. The number of rotatable bonds is 7. The zero-order valence-corrected chi connectivity index (χ0v) is 21.8. The van der Waals surface area contributed by atoms with E-state index >= 15 is 0 Å². The second-order valence-electron chi connectivity index (χ2n) is 9.07. The lowest BCUT2D eigenvalue weighted by atomic mass is 9.77. The van der Waals surface area contributed by atoms with Crippen molar-refractivity contribution in [3.8, 4) is 0 Å². The van der Waals surface area contributed by atoms with Gasteiger partial charge in [-0.2, -0.15) is 4.40 Å². The van der Waals surface area contributed by atoms with Crippen LogP contribution in [0.3, 0.4) is 0 Å². The van der Waals surface area contributed by atoms with Crippen LogP contribution in [0.15, 0.2) is 47.5 Å². The summed E-state index contributed by atoms with van der Waals surface area (Å²) in [6.45, 7) is 4.10. The van der Waals surface area contributed by atoms with Crippen LogP contribution >= 0.6 is 23.1 Å². The van der Waals surface area contributed by atoms with Crippen LogP contribution in [0.4, 0.5) is 0 Å². The van der Waals surface area contributed by atoms with Crippen molar-refractivity contribution in [1.82, 2.24) is 9.30 Å². The zero-order chi connectivity index (χ0) is 25.9. The van der Waals surface area contributed by atoms with Crippen LogP contribution in [0.5, 0.6) is 0 Å². The molecule has 11 heteroatoms. The van der Waals surface area contributed by atoms with E-state index in [2.05, 4.69) is 4.57 Å². The number of carboxylic acids is 1. The molecule has 0 bridgehead atoms. The van der Waals surface area contributed by atoms with E-state index in [1.807, 2.05) is 42.2 Å². The fraction of sp³-hybridized carbons (Fsp3) is 0.360. The van der Waals surface area contributed by atoms with E-state index in [4.69, 9.17) is 4.74 Å². The molecule has 1 fully saturated rings. The van der Waals surface area contributed by atoms with Gasteiger partial charge in [0.25, 0.3) is 6.33 Å². The lowest BCUT2D eigenvalue weighted by molar-refractivity contribution is -0.721. The number of aromatic nitrogens is 2. The van der Waals surface area contributed by atoms with Crippen molar-refractivity contribution in [3.05, 3.63) is 58.5 Å². The summed E-state index contributed by atoms with van der Waals surface area (Å²) >= 11 is 3.09. The fourth-order valence-electron chi connectivity index (χ4n) is 5.33. The largest absolute Gasteiger partial charge is 0.477 e. The molecule has 0 radical (unpaired) electrons. The van der Waals surface area contributed by atoms with Crippen LogP contribution < -0.4 is 4.57 Å². The van der Waals surface area contributed by atoms with E-state index < -0.39 is 18.0 Å². The summed E-state index contributed by atoms with van der Waals surface area (Å²) in [4.78, 5) is 39.7. The molecule has 0 spiro atoms. The summed E-state index contributed by atoms with van der Waals surface area (Å²) in [7, 11) is 1.35. The Kier molecular flexibility index (Phi) is 6.17. The van der Waals surface area contributed by atoms with Crippen molar-refractivity contribution >= 4 is 51.3 Å². The number of imidazole rings is 1. The van der Waals surface area contributed by atoms with E-state index in [0.717, 1.165) is 20.3 Å². The molecule has 3 aromatic rings. The molecular formula is C25H26N3O6S2+. The van der Waals surface area contributed by atoms with Crippen molar-refractivity contribution in [2.75, 3.05) is 13.4 Å². The first kappa shape index (κ1) is 24.5. The standard InChI is InChI=1S/C25H25N3O6S2/c1-12-17(20(24(31)32)28-19(12)18(13(2)29)21(28)30)16-10-27-11-26(22(35-4)23(27)36-16)9-14-5-7-15(8-6-14)25(33)34-3/h5-8,10-13,18-19,29H,9H2,1-4H3/p+1/t12-,13+,18+,19+/m0/s1. The Morgan fingerprint density at radius 3 is 2.56 bits per heavy atom. The van der Waals surface area contributed by atoms with E-state index in [-0.39, 0.29) is 29.5 Å². The number of aliphatic hydroxyl groups excluding tert-OH is 1. The Morgan fingerprint density at radius 2 is 1.97 bits per heavy atom. The maximum absolute atomic E-state index is 12.7. The highest BCUT2D eigenvalue weighted by atomic mass is 32.2. The number of nitrogens with zero attached hydrogens (tertiary/aromatic N) is 3. The van der Waals surface area contributed by atoms with Crippen molar-refractivity contribution in [1.29, 1.82) is 0 Å². The molecule has 0 aliphatic carbocycles. The van der Waals surface area contributed by atoms with Crippen LogP contribution in [-0.4, -0.2) is 62.9 Å². The molecule has 9 nitrogen and oxygen atoms in total. The Hall–Kier alpha value is -3.15. The second kappa shape index (κ2) is 9.06. The van der Waals surface area contributed by atoms with Crippen molar-refractivity contribution in [2.45, 2.75) is 37.6 Å². The number of carbonyl (C=O) groups is 3. The molecule has 2 aromatic heterocycles. The molecule has 4 heterocycles. The average Bonchev–Trinajstić information content (AvgIpc) is 3.45. The first-order chi connectivity index (χ1) is 17.2. The first-order valence-corrected chi connectivity index (χ1v) is 13.5. The molecule has 0 saturated carbocycles. The first-order valence-electron chi connectivity index (χ1n) is 11.4. The third-order valence-corrected chi connectivity index (χ3v) is 9.05. The molecule has 2 N–H and O–H groups in total. The topological polar surface area (TPSA) is 112 Å². The summed E-state index contributed by atoms with van der Waals surface area (Å²) < 4.78 is 8.85. The van der Waals surface area contributed by atoms with Crippen LogP contribution in [-0.2, 0) is 20.9 Å². The number of aliphatic hydroxyl groups is 1. The summed E-state index contributed by atoms with van der Waals surface area (Å²) in [5.74, 6) is -2.65. The van der Waals surface area contributed by atoms with Gasteiger partial charge in [0.1, 0.15) is 18.4 Å². The number of carbonyl (C=O) groups excluding carboxylic acids is 2. The summed E-state index contributed by atoms with van der Waals surface area (Å²) in [6, 6.07) is 6.92. The number of esters is 1. The van der Waals surface area contributed by atoms with E-state index in [0.29, 0.717) is 17.7 Å². The van der Waals surface area contributed by atoms with Crippen LogP contribution in [0, 0.1) is 11.8 Å². The highest BCUT2D eigenvalue weighted by Gasteiger charge is 2.60. The second-order valence-corrected chi connectivity index (χ2v) is 10.9. The molecule has 2 aliphatic heterocycles. The normalized spacial score (nSPS) is 22.1. The number of β-lactam (4-membered cyclic amide) rings is 1. The number of ether oxygens (including phenoxy) is 1. The number of carboxylic acid groups (broad SMARTS) is 1. The van der Waals surface area contributed by atoms with Gasteiger partial charge in [-0.1, -0.05) is 42.2 Å². The van der Waals surface area contributed by atoms with Gasteiger partial charge in [0.2, 0.25) is 15.8 Å². The van der Waals surface area contributed by atoms with E-state index in [9.17, 15) is 24.6 Å². The predicted octanol–water partition coefficient (Wildman–Crippen LogP) is 2.50. The predicted molar refractivity (Wildman–Crippen MR) is 134 cm³/mol. The monoisotopic (exact) mass is 528 g/mol. The van der Waals surface area contributed by atoms with Crippen LogP contribution in [0.1, 0.15) is 34.6 Å². The van der Waals surface area contributed by atoms with Gasteiger partial charge in [0, 0.05) is 11.5 Å². The molecule has 1 saturated heterocycles. The van der Waals surface area contributed by atoms with Crippen LogP contribution in [0.25, 0.3) is 10.4 Å².